The number of rotatable bonds is 3. The monoisotopic (exact) mass is 188 g/mol. The fraction of sp³-hybridized carbons (Fsp3) is 0.417. The maximum Gasteiger partial charge on any atom is 0.0580 e. The molecule has 0 bridgehead atoms. The van der Waals surface area contributed by atoms with E-state index in [2.05, 4.69) is 36.0 Å². The predicted octanol–water partition coefficient (Wildman–Crippen LogP) is 1.60. The van der Waals surface area contributed by atoms with Crippen molar-refractivity contribution in [3.05, 3.63) is 29.6 Å². The highest BCUT2D eigenvalue weighted by atomic mass is 14.8. The van der Waals surface area contributed by atoms with Gasteiger partial charge in [-0.3, -0.25) is 4.98 Å². The van der Waals surface area contributed by atoms with E-state index in [4.69, 9.17) is 0 Å². The first-order chi connectivity index (χ1) is 6.86. The van der Waals surface area contributed by atoms with Crippen LogP contribution in [0.1, 0.15) is 25.1 Å². The minimum atomic E-state index is 0.750. The smallest absolute Gasteiger partial charge is 0.0580 e. The summed E-state index contributed by atoms with van der Waals surface area (Å²) in [5.74, 6) is 6.17. The summed E-state index contributed by atoms with van der Waals surface area (Å²) < 4.78 is 0. The van der Waals surface area contributed by atoms with Gasteiger partial charge in [0, 0.05) is 17.5 Å². The Hall–Kier alpha value is -1.33. The van der Waals surface area contributed by atoms with Crippen LogP contribution in [0.4, 0.5) is 0 Å². The zero-order valence-electron chi connectivity index (χ0n) is 8.80. The average Bonchev–Trinajstić information content (AvgIpc) is 2.25. The van der Waals surface area contributed by atoms with Crippen molar-refractivity contribution in [2.75, 3.05) is 13.1 Å². The SMILES string of the molecule is CCNCC#Cc1ccnc(CC)c1. The summed E-state index contributed by atoms with van der Waals surface area (Å²) in [4.78, 5) is 4.22. The molecule has 1 rings (SSSR count). The Morgan fingerprint density at radius 3 is 3.00 bits per heavy atom. The number of aromatic nitrogens is 1. The molecular formula is C12H16N2. The van der Waals surface area contributed by atoms with Crippen molar-refractivity contribution in [1.29, 1.82) is 0 Å². The molecule has 0 atom stereocenters. The summed E-state index contributed by atoms with van der Waals surface area (Å²) in [6.45, 7) is 5.88. The second-order valence-electron chi connectivity index (χ2n) is 2.97. The molecule has 0 spiro atoms. The van der Waals surface area contributed by atoms with Crippen LogP contribution in [-0.2, 0) is 6.42 Å². The Balaban J connectivity index is 2.60. The number of pyridine rings is 1. The number of nitrogens with one attached hydrogen (secondary N) is 1. The van der Waals surface area contributed by atoms with Crippen molar-refractivity contribution in [1.82, 2.24) is 10.3 Å². The van der Waals surface area contributed by atoms with Crippen LogP contribution in [-0.4, -0.2) is 18.1 Å². The maximum absolute atomic E-state index is 4.22. The quantitative estimate of drug-likeness (QED) is 0.576. The van der Waals surface area contributed by atoms with E-state index >= 15 is 0 Å². The molecule has 2 nitrogen and oxygen atoms in total. The average molecular weight is 188 g/mol. The first-order valence-electron chi connectivity index (χ1n) is 5.01. The number of hydrogen-bond acceptors (Lipinski definition) is 2. The fourth-order valence-corrected chi connectivity index (χ4v) is 1.08. The van der Waals surface area contributed by atoms with E-state index in [1.54, 1.807) is 0 Å². The molecule has 1 N–H and O–H groups in total. The van der Waals surface area contributed by atoms with Crippen LogP contribution >= 0.6 is 0 Å². The molecule has 0 aliphatic rings. The zero-order chi connectivity index (χ0) is 10.2. The third-order valence-corrected chi connectivity index (χ3v) is 1.87. The van der Waals surface area contributed by atoms with Gasteiger partial charge in [-0.05, 0) is 25.1 Å². The molecule has 0 aliphatic carbocycles. The van der Waals surface area contributed by atoms with Crippen LogP contribution in [0.25, 0.3) is 0 Å². The van der Waals surface area contributed by atoms with Gasteiger partial charge in [0.15, 0.2) is 0 Å². The molecule has 0 saturated heterocycles. The predicted molar refractivity (Wildman–Crippen MR) is 59.0 cm³/mol. The van der Waals surface area contributed by atoms with E-state index in [1.165, 1.54) is 0 Å². The molecular weight excluding hydrogens is 172 g/mol. The van der Waals surface area contributed by atoms with Crippen LogP contribution in [0.2, 0.25) is 0 Å². The molecule has 0 radical (unpaired) electrons. The highest BCUT2D eigenvalue weighted by molar-refractivity contribution is 5.34. The highest BCUT2D eigenvalue weighted by Crippen LogP contribution is 2.00. The Morgan fingerprint density at radius 2 is 2.29 bits per heavy atom. The normalized spacial score (nSPS) is 9.29. The molecule has 74 valence electrons. The summed E-state index contributed by atoms with van der Waals surface area (Å²) >= 11 is 0. The summed E-state index contributed by atoms with van der Waals surface area (Å²) in [6.07, 6.45) is 2.78. The third-order valence-electron chi connectivity index (χ3n) is 1.87. The minimum absolute atomic E-state index is 0.750. The Bertz CT molecular complexity index is 334. The van der Waals surface area contributed by atoms with E-state index in [0.29, 0.717) is 0 Å². The van der Waals surface area contributed by atoms with Crippen molar-refractivity contribution in [3.8, 4) is 11.8 Å². The van der Waals surface area contributed by atoms with E-state index in [1.807, 2.05) is 18.3 Å². The molecule has 0 aromatic carbocycles. The molecule has 0 unspecified atom stereocenters. The van der Waals surface area contributed by atoms with Gasteiger partial charge in [-0.1, -0.05) is 25.7 Å². The summed E-state index contributed by atoms with van der Waals surface area (Å²) in [6, 6.07) is 3.98. The van der Waals surface area contributed by atoms with Gasteiger partial charge in [-0.2, -0.15) is 0 Å². The molecule has 1 aromatic heterocycles. The van der Waals surface area contributed by atoms with Gasteiger partial charge in [0.05, 0.1) is 6.54 Å². The molecule has 2 heteroatoms. The summed E-state index contributed by atoms with van der Waals surface area (Å²) in [5.41, 5.74) is 2.15. The van der Waals surface area contributed by atoms with E-state index in [-0.39, 0.29) is 0 Å². The van der Waals surface area contributed by atoms with Crippen molar-refractivity contribution in [3.63, 3.8) is 0 Å². The number of nitrogens with zero attached hydrogens (tertiary/aromatic N) is 1. The molecule has 0 saturated carbocycles. The maximum atomic E-state index is 4.22. The first kappa shape index (κ1) is 10.7. The highest BCUT2D eigenvalue weighted by Gasteiger charge is 1.90. The Labute approximate surface area is 85.8 Å². The van der Waals surface area contributed by atoms with Crippen molar-refractivity contribution in [2.45, 2.75) is 20.3 Å². The van der Waals surface area contributed by atoms with E-state index in [9.17, 15) is 0 Å². The topological polar surface area (TPSA) is 24.9 Å². The van der Waals surface area contributed by atoms with Crippen molar-refractivity contribution in [2.24, 2.45) is 0 Å². The van der Waals surface area contributed by atoms with Gasteiger partial charge in [0.2, 0.25) is 0 Å². The Kier molecular flexibility index (Phi) is 4.74. The molecule has 14 heavy (non-hydrogen) atoms. The number of aryl methyl sites for hydroxylation is 1. The largest absolute Gasteiger partial charge is 0.306 e. The lowest BCUT2D eigenvalue weighted by Gasteiger charge is -1.95. The van der Waals surface area contributed by atoms with Crippen molar-refractivity contribution < 1.29 is 0 Å². The zero-order valence-corrected chi connectivity index (χ0v) is 8.80. The van der Waals surface area contributed by atoms with Crippen LogP contribution in [0, 0.1) is 11.8 Å². The third kappa shape index (κ3) is 3.59. The molecule has 0 fully saturated rings. The van der Waals surface area contributed by atoms with Gasteiger partial charge < -0.3 is 5.32 Å². The summed E-state index contributed by atoms with van der Waals surface area (Å²) in [5, 5.41) is 3.16. The van der Waals surface area contributed by atoms with Crippen LogP contribution in [0.15, 0.2) is 18.3 Å². The van der Waals surface area contributed by atoms with Crippen LogP contribution < -0.4 is 5.32 Å². The van der Waals surface area contributed by atoms with Crippen LogP contribution in [0.3, 0.4) is 0 Å². The molecule has 0 amide bonds. The van der Waals surface area contributed by atoms with Crippen molar-refractivity contribution >= 4 is 0 Å². The van der Waals surface area contributed by atoms with E-state index in [0.717, 1.165) is 30.8 Å². The van der Waals surface area contributed by atoms with E-state index < -0.39 is 0 Å². The van der Waals surface area contributed by atoms with Gasteiger partial charge in [0.25, 0.3) is 0 Å². The lowest BCUT2D eigenvalue weighted by atomic mass is 10.2. The molecule has 1 aromatic rings. The van der Waals surface area contributed by atoms with Crippen LogP contribution in [0.5, 0.6) is 0 Å². The second-order valence-corrected chi connectivity index (χ2v) is 2.97. The first-order valence-corrected chi connectivity index (χ1v) is 5.01. The van der Waals surface area contributed by atoms with Gasteiger partial charge >= 0.3 is 0 Å². The standard InChI is InChI=1S/C12H16N2/c1-3-12-10-11(7-9-14-12)6-5-8-13-4-2/h7,9-10,13H,3-4,8H2,1-2H3. The van der Waals surface area contributed by atoms with Gasteiger partial charge in [0.1, 0.15) is 0 Å². The molecule has 1 heterocycles. The lowest BCUT2D eigenvalue weighted by Crippen LogP contribution is -2.11. The summed E-state index contributed by atoms with van der Waals surface area (Å²) in [7, 11) is 0. The fourth-order valence-electron chi connectivity index (χ4n) is 1.08. The van der Waals surface area contributed by atoms with Gasteiger partial charge in [-0.15, -0.1) is 0 Å². The Morgan fingerprint density at radius 1 is 1.43 bits per heavy atom. The van der Waals surface area contributed by atoms with Gasteiger partial charge in [-0.25, -0.2) is 0 Å². The molecule has 0 aliphatic heterocycles. The lowest BCUT2D eigenvalue weighted by molar-refractivity contribution is 0.811. The second kappa shape index (κ2) is 6.17. The minimum Gasteiger partial charge on any atom is -0.306 e. The number of hydrogen-bond donors (Lipinski definition) is 1.